The number of pyridine rings is 1. The zero-order chi connectivity index (χ0) is 13.8. The zero-order valence-corrected chi connectivity index (χ0v) is 12.1. The van der Waals surface area contributed by atoms with Crippen molar-refractivity contribution in [3.05, 3.63) is 23.6 Å². The number of halogens is 1. The van der Waals surface area contributed by atoms with Gasteiger partial charge in [0.15, 0.2) is 0 Å². The summed E-state index contributed by atoms with van der Waals surface area (Å²) in [6.45, 7) is 6.06. The maximum atomic E-state index is 13.4. The fraction of sp³-hybridized carbons (Fsp3) is 0.667. The van der Waals surface area contributed by atoms with Crippen LogP contribution < -0.4 is 10.2 Å². The minimum Gasteiger partial charge on any atom is -0.359 e. The summed E-state index contributed by atoms with van der Waals surface area (Å²) in [4.78, 5) is 6.41. The Morgan fingerprint density at radius 2 is 2.26 bits per heavy atom. The fourth-order valence-electron chi connectivity index (χ4n) is 2.17. The highest BCUT2D eigenvalue weighted by atomic mass is 19.1. The average molecular weight is 265 g/mol. The van der Waals surface area contributed by atoms with Gasteiger partial charge in [-0.1, -0.05) is 20.3 Å². The van der Waals surface area contributed by atoms with Crippen molar-refractivity contribution < 1.29 is 4.39 Å². The number of nitrogens with zero attached hydrogens (tertiary/aromatic N) is 2. The van der Waals surface area contributed by atoms with Gasteiger partial charge in [-0.2, -0.15) is 0 Å². The topological polar surface area (TPSA) is 28.2 Å². The smallest absolute Gasteiger partial charge is 0.141 e. The summed E-state index contributed by atoms with van der Waals surface area (Å²) >= 11 is 0. The van der Waals surface area contributed by atoms with Crippen LogP contribution in [-0.4, -0.2) is 24.6 Å². The van der Waals surface area contributed by atoms with Gasteiger partial charge in [-0.25, -0.2) is 9.37 Å². The Balaban J connectivity index is 2.07. The number of hydrogen-bond donors (Lipinski definition) is 1. The highest BCUT2D eigenvalue weighted by molar-refractivity contribution is 5.46. The van der Waals surface area contributed by atoms with Crippen molar-refractivity contribution in [2.45, 2.75) is 45.7 Å². The number of rotatable bonds is 7. The van der Waals surface area contributed by atoms with Crippen LogP contribution in [0.5, 0.6) is 0 Å². The Hall–Kier alpha value is -1.16. The molecular formula is C15H24FN3. The maximum Gasteiger partial charge on any atom is 0.141 e. The van der Waals surface area contributed by atoms with Crippen molar-refractivity contribution in [3.8, 4) is 0 Å². The predicted octanol–water partition coefficient (Wildman–Crippen LogP) is 2.96. The Bertz CT molecular complexity index is 418. The van der Waals surface area contributed by atoms with Crippen molar-refractivity contribution in [1.82, 2.24) is 10.3 Å². The molecule has 1 aliphatic carbocycles. The van der Waals surface area contributed by atoms with Crippen molar-refractivity contribution in [2.75, 3.05) is 18.5 Å². The van der Waals surface area contributed by atoms with E-state index < -0.39 is 0 Å². The second kappa shape index (κ2) is 6.33. The van der Waals surface area contributed by atoms with E-state index in [0.717, 1.165) is 24.3 Å². The molecule has 1 saturated carbocycles. The molecule has 1 aromatic rings. The average Bonchev–Trinajstić information content (AvgIpc) is 3.20. The highest BCUT2D eigenvalue weighted by Gasteiger charge is 2.21. The molecule has 1 heterocycles. The lowest BCUT2D eigenvalue weighted by Gasteiger charge is -2.24. The van der Waals surface area contributed by atoms with E-state index in [1.165, 1.54) is 19.0 Å². The summed E-state index contributed by atoms with van der Waals surface area (Å²) in [5.41, 5.74) is 0.956. The molecule has 0 bridgehead atoms. The molecule has 1 aliphatic rings. The molecule has 0 saturated heterocycles. The minimum absolute atomic E-state index is 0.256. The van der Waals surface area contributed by atoms with Gasteiger partial charge in [0.2, 0.25) is 0 Å². The quantitative estimate of drug-likeness (QED) is 0.821. The molecule has 1 unspecified atom stereocenters. The predicted molar refractivity (Wildman–Crippen MR) is 76.8 cm³/mol. The molecular weight excluding hydrogens is 241 g/mol. The monoisotopic (exact) mass is 265 g/mol. The van der Waals surface area contributed by atoms with Gasteiger partial charge in [0.1, 0.15) is 11.6 Å². The molecule has 1 N–H and O–H groups in total. The summed E-state index contributed by atoms with van der Waals surface area (Å²) in [7, 11) is 2.03. The molecule has 4 heteroatoms. The van der Waals surface area contributed by atoms with Crippen LogP contribution in [0.1, 0.15) is 38.7 Å². The van der Waals surface area contributed by atoms with Crippen LogP contribution in [0.4, 0.5) is 10.2 Å². The first-order chi connectivity index (χ1) is 9.10. The summed E-state index contributed by atoms with van der Waals surface area (Å²) in [5, 5.41) is 3.43. The Morgan fingerprint density at radius 1 is 1.53 bits per heavy atom. The van der Waals surface area contributed by atoms with Gasteiger partial charge < -0.3 is 10.2 Å². The van der Waals surface area contributed by atoms with Crippen LogP contribution in [0, 0.1) is 11.7 Å². The van der Waals surface area contributed by atoms with Gasteiger partial charge in [-0.05, 0) is 24.8 Å². The van der Waals surface area contributed by atoms with Crippen molar-refractivity contribution in [1.29, 1.82) is 0 Å². The molecule has 1 atom stereocenters. The molecule has 106 valence electrons. The van der Waals surface area contributed by atoms with E-state index in [2.05, 4.69) is 29.0 Å². The molecule has 0 aliphatic heterocycles. The number of nitrogens with one attached hydrogen (secondary N) is 1. The van der Waals surface area contributed by atoms with Crippen LogP contribution in [0.25, 0.3) is 0 Å². The van der Waals surface area contributed by atoms with Gasteiger partial charge in [-0.15, -0.1) is 0 Å². The van der Waals surface area contributed by atoms with E-state index in [0.29, 0.717) is 18.5 Å². The maximum absolute atomic E-state index is 13.4. The first-order valence-electron chi connectivity index (χ1n) is 7.19. The molecule has 1 aromatic heterocycles. The van der Waals surface area contributed by atoms with Crippen LogP contribution in [0.15, 0.2) is 12.3 Å². The zero-order valence-electron chi connectivity index (χ0n) is 12.1. The molecule has 0 radical (unpaired) electrons. The second-order valence-corrected chi connectivity index (χ2v) is 5.69. The van der Waals surface area contributed by atoms with Gasteiger partial charge in [0, 0.05) is 31.7 Å². The first-order valence-corrected chi connectivity index (χ1v) is 7.19. The van der Waals surface area contributed by atoms with Crippen LogP contribution in [0.3, 0.4) is 0 Å². The van der Waals surface area contributed by atoms with Crippen LogP contribution >= 0.6 is 0 Å². The minimum atomic E-state index is -0.256. The molecule has 0 aromatic carbocycles. The van der Waals surface area contributed by atoms with E-state index in [4.69, 9.17) is 0 Å². The standard InChI is InChI=1S/C15H24FN3/c1-4-11(2)10-19(3)15-12(7-13(16)9-18-15)8-17-14-5-6-14/h7,9,11,14,17H,4-6,8,10H2,1-3H3. The van der Waals surface area contributed by atoms with Crippen molar-refractivity contribution >= 4 is 5.82 Å². The first kappa shape index (κ1) is 14.3. The van der Waals surface area contributed by atoms with E-state index in [1.54, 1.807) is 6.07 Å². The summed E-state index contributed by atoms with van der Waals surface area (Å²) < 4.78 is 13.4. The van der Waals surface area contributed by atoms with Crippen LogP contribution in [0.2, 0.25) is 0 Å². The number of aromatic nitrogens is 1. The highest BCUT2D eigenvalue weighted by Crippen LogP contribution is 2.23. The van der Waals surface area contributed by atoms with Crippen molar-refractivity contribution in [3.63, 3.8) is 0 Å². The Morgan fingerprint density at radius 3 is 2.89 bits per heavy atom. The number of anilines is 1. The van der Waals surface area contributed by atoms with E-state index in [1.807, 2.05) is 7.05 Å². The third kappa shape index (κ3) is 4.16. The van der Waals surface area contributed by atoms with Crippen molar-refractivity contribution in [2.24, 2.45) is 5.92 Å². The van der Waals surface area contributed by atoms with E-state index in [-0.39, 0.29) is 5.82 Å². The summed E-state index contributed by atoms with van der Waals surface area (Å²) in [6, 6.07) is 2.22. The van der Waals surface area contributed by atoms with E-state index in [9.17, 15) is 4.39 Å². The van der Waals surface area contributed by atoms with Gasteiger partial charge in [0.05, 0.1) is 6.20 Å². The number of hydrogen-bond acceptors (Lipinski definition) is 3. The molecule has 0 spiro atoms. The normalized spacial score (nSPS) is 16.4. The molecule has 1 fully saturated rings. The molecule has 19 heavy (non-hydrogen) atoms. The third-order valence-corrected chi connectivity index (χ3v) is 3.71. The summed E-state index contributed by atoms with van der Waals surface area (Å²) in [6.07, 6.45) is 4.92. The Labute approximate surface area is 115 Å². The van der Waals surface area contributed by atoms with Gasteiger partial charge in [-0.3, -0.25) is 0 Å². The van der Waals surface area contributed by atoms with Crippen LogP contribution in [-0.2, 0) is 6.54 Å². The molecule has 0 amide bonds. The fourth-order valence-corrected chi connectivity index (χ4v) is 2.17. The molecule has 3 nitrogen and oxygen atoms in total. The lowest BCUT2D eigenvalue weighted by Crippen LogP contribution is -2.27. The molecule has 2 rings (SSSR count). The largest absolute Gasteiger partial charge is 0.359 e. The summed E-state index contributed by atoms with van der Waals surface area (Å²) in [5.74, 6) is 1.25. The lowest BCUT2D eigenvalue weighted by atomic mass is 10.1. The SMILES string of the molecule is CCC(C)CN(C)c1ncc(F)cc1CNC1CC1. The second-order valence-electron chi connectivity index (χ2n) is 5.69. The van der Waals surface area contributed by atoms with Gasteiger partial charge in [0.25, 0.3) is 0 Å². The van der Waals surface area contributed by atoms with Gasteiger partial charge >= 0.3 is 0 Å². The Kier molecular flexibility index (Phi) is 4.75. The lowest BCUT2D eigenvalue weighted by molar-refractivity contribution is 0.553. The third-order valence-electron chi connectivity index (χ3n) is 3.71. The van der Waals surface area contributed by atoms with E-state index >= 15 is 0 Å².